The number of unbranched alkanes of at least 4 members (excludes halogenated alkanes) is 1. The van der Waals surface area contributed by atoms with Crippen LogP contribution >= 0.6 is 0 Å². The average Bonchev–Trinajstić information content (AvgIpc) is 2.35. The van der Waals surface area contributed by atoms with Gasteiger partial charge in [0, 0.05) is 26.8 Å². The molecule has 0 saturated heterocycles. The largest absolute Gasteiger partial charge is 0.371 e. The molecule has 4 nitrogen and oxygen atoms in total. The molecule has 1 aromatic rings. The van der Waals surface area contributed by atoms with E-state index in [-0.39, 0.29) is 17.3 Å². The zero-order valence-electron chi connectivity index (χ0n) is 10.5. The summed E-state index contributed by atoms with van der Waals surface area (Å²) in [6.45, 7) is 2.68. The molecule has 0 atom stereocenters. The molecule has 0 fully saturated rings. The summed E-state index contributed by atoms with van der Waals surface area (Å²) < 4.78 is 13.8. The molecule has 17 heavy (non-hydrogen) atoms. The third-order valence-corrected chi connectivity index (χ3v) is 2.55. The summed E-state index contributed by atoms with van der Waals surface area (Å²) in [5.41, 5.74) is 0.0583. The number of halogens is 1. The van der Waals surface area contributed by atoms with Crippen LogP contribution < -0.4 is 5.32 Å². The number of hydrogen-bond acceptors (Lipinski definition) is 3. The Labute approximate surface area is 101 Å². The summed E-state index contributed by atoms with van der Waals surface area (Å²) in [6.07, 6.45) is 3.34. The summed E-state index contributed by atoms with van der Waals surface area (Å²) >= 11 is 0. The fraction of sp³-hybridized carbons (Fsp3) is 0.500. The summed E-state index contributed by atoms with van der Waals surface area (Å²) in [6, 6.07) is 1.40. The second-order valence-electron chi connectivity index (χ2n) is 3.85. The van der Waals surface area contributed by atoms with Crippen molar-refractivity contribution in [1.29, 1.82) is 0 Å². The predicted molar refractivity (Wildman–Crippen MR) is 65.6 cm³/mol. The summed E-state index contributed by atoms with van der Waals surface area (Å²) in [5.74, 6) is -0.807. The van der Waals surface area contributed by atoms with Gasteiger partial charge in [-0.05, 0) is 12.5 Å². The molecule has 0 unspecified atom stereocenters. The van der Waals surface area contributed by atoms with Crippen LogP contribution in [0.15, 0.2) is 12.3 Å². The van der Waals surface area contributed by atoms with Crippen LogP contribution in [-0.2, 0) is 0 Å². The number of nitrogens with one attached hydrogen (secondary N) is 1. The van der Waals surface area contributed by atoms with Gasteiger partial charge in [0.1, 0.15) is 0 Å². The molecule has 1 rings (SSSR count). The average molecular weight is 239 g/mol. The fourth-order valence-corrected chi connectivity index (χ4v) is 1.49. The van der Waals surface area contributed by atoms with Gasteiger partial charge in [0.25, 0.3) is 5.91 Å². The quantitative estimate of drug-likeness (QED) is 0.856. The van der Waals surface area contributed by atoms with Crippen LogP contribution in [0.4, 0.5) is 10.2 Å². The highest BCUT2D eigenvalue weighted by Crippen LogP contribution is 2.16. The molecule has 0 saturated carbocycles. The lowest BCUT2D eigenvalue weighted by Crippen LogP contribution is -2.28. The maximum Gasteiger partial charge on any atom is 0.256 e. The fourth-order valence-electron chi connectivity index (χ4n) is 1.49. The van der Waals surface area contributed by atoms with Crippen LogP contribution in [0.25, 0.3) is 0 Å². The number of carbonyl (C=O) groups excluding carboxylic acids is 1. The van der Waals surface area contributed by atoms with E-state index in [2.05, 4.69) is 10.3 Å². The Balaban J connectivity index is 2.88. The molecular formula is C12H18FN3O. The number of anilines is 1. The number of hydrogen-bond donors (Lipinski definition) is 1. The lowest BCUT2D eigenvalue weighted by Gasteiger charge is -2.17. The summed E-state index contributed by atoms with van der Waals surface area (Å²) in [7, 11) is 3.25. The lowest BCUT2D eigenvalue weighted by molar-refractivity contribution is 0.0788. The van der Waals surface area contributed by atoms with Crippen LogP contribution in [0.3, 0.4) is 0 Å². The summed E-state index contributed by atoms with van der Waals surface area (Å²) in [5, 5.41) is 2.62. The first-order valence-corrected chi connectivity index (χ1v) is 5.69. The van der Waals surface area contributed by atoms with Gasteiger partial charge in [-0.3, -0.25) is 4.79 Å². The van der Waals surface area contributed by atoms with E-state index in [1.807, 2.05) is 6.92 Å². The molecular weight excluding hydrogens is 221 g/mol. The maximum atomic E-state index is 13.8. The first-order valence-electron chi connectivity index (χ1n) is 5.69. The zero-order valence-corrected chi connectivity index (χ0v) is 10.5. The van der Waals surface area contributed by atoms with E-state index in [9.17, 15) is 9.18 Å². The van der Waals surface area contributed by atoms with E-state index in [0.717, 1.165) is 12.8 Å². The molecule has 0 bridgehead atoms. The van der Waals surface area contributed by atoms with Crippen molar-refractivity contribution in [2.24, 2.45) is 0 Å². The Hall–Kier alpha value is -1.65. The highest BCUT2D eigenvalue weighted by Gasteiger charge is 2.18. The normalized spacial score (nSPS) is 10.1. The zero-order chi connectivity index (χ0) is 12.8. The van der Waals surface area contributed by atoms with Crippen molar-refractivity contribution in [1.82, 2.24) is 9.88 Å². The topological polar surface area (TPSA) is 45.2 Å². The van der Waals surface area contributed by atoms with Gasteiger partial charge in [-0.2, -0.15) is 0 Å². The molecule has 0 spiro atoms. The van der Waals surface area contributed by atoms with Gasteiger partial charge in [0.2, 0.25) is 0 Å². The van der Waals surface area contributed by atoms with Crippen LogP contribution in [-0.4, -0.2) is 36.4 Å². The Morgan fingerprint density at radius 2 is 2.29 bits per heavy atom. The number of amides is 1. The van der Waals surface area contributed by atoms with Crippen molar-refractivity contribution in [3.05, 3.63) is 23.6 Å². The molecule has 0 aromatic carbocycles. The SMILES string of the molecule is CCCCN(C)C(=O)c1ccnc(NC)c1F. The van der Waals surface area contributed by atoms with E-state index in [4.69, 9.17) is 0 Å². The second-order valence-corrected chi connectivity index (χ2v) is 3.85. The molecule has 0 aliphatic carbocycles. The van der Waals surface area contributed by atoms with Gasteiger partial charge in [-0.1, -0.05) is 13.3 Å². The minimum Gasteiger partial charge on any atom is -0.371 e. The maximum absolute atomic E-state index is 13.8. The van der Waals surface area contributed by atoms with Gasteiger partial charge in [-0.15, -0.1) is 0 Å². The molecule has 0 aliphatic rings. The third-order valence-electron chi connectivity index (χ3n) is 2.55. The van der Waals surface area contributed by atoms with E-state index < -0.39 is 5.82 Å². The summed E-state index contributed by atoms with van der Waals surface area (Å²) in [4.78, 5) is 17.3. The third kappa shape index (κ3) is 3.15. The van der Waals surface area contributed by atoms with Crippen molar-refractivity contribution in [2.45, 2.75) is 19.8 Å². The van der Waals surface area contributed by atoms with Crippen LogP contribution in [0.5, 0.6) is 0 Å². The lowest BCUT2D eigenvalue weighted by atomic mass is 10.2. The number of carbonyl (C=O) groups is 1. The number of nitrogens with zero attached hydrogens (tertiary/aromatic N) is 2. The van der Waals surface area contributed by atoms with Gasteiger partial charge in [0.05, 0.1) is 5.56 Å². The minimum atomic E-state index is -0.594. The van der Waals surface area contributed by atoms with Crippen molar-refractivity contribution in [3.63, 3.8) is 0 Å². The van der Waals surface area contributed by atoms with Gasteiger partial charge in [0.15, 0.2) is 11.6 Å². The number of rotatable bonds is 5. The number of pyridine rings is 1. The molecule has 1 aromatic heterocycles. The number of aromatic nitrogens is 1. The highest BCUT2D eigenvalue weighted by molar-refractivity contribution is 5.95. The molecule has 1 heterocycles. The smallest absolute Gasteiger partial charge is 0.256 e. The van der Waals surface area contributed by atoms with Gasteiger partial charge in [-0.25, -0.2) is 9.37 Å². The standard InChI is InChI=1S/C12H18FN3O/c1-4-5-8-16(3)12(17)9-6-7-15-11(14-2)10(9)13/h6-7H,4-5,8H2,1-3H3,(H,14,15). The first-order chi connectivity index (χ1) is 8.11. The van der Waals surface area contributed by atoms with Gasteiger partial charge >= 0.3 is 0 Å². The van der Waals surface area contributed by atoms with E-state index in [1.54, 1.807) is 14.1 Å². The molecule has 5 heteroatoms. The van der Waals surface area contributed by atoms with Gasteiger partial charge < -0.3 is 10.2 Å². The minimum absolute atomic E-state index is 0.0583. The van der Waals surface area contributed by atoms with Crippen LogP contribution in [0.2, 0.25) is 0 Å². The van der Waals surface area contributed by atoms with Crippen molar-refractivity contribution < 1.29 is 9.18 Å². The molecule has 94 valence electrons. The second kappa shape index (κ2) is 6.18. The molecule has 1 N–H and O–H groups in total. The van der Waals surface area contributed by atoms with Crippen molar-refractivity contribution >= 4 is 11.7 Å². The highest BCUT2D eigenvalue weighted by atomic mass is 19.1. The Morgan fingerprint density at radius 1 is 1.59 bits per heavy atom. The molecule has 0 radical (unpaired) electrons. The van der Waals surface area contributed by atoms with E-state index in [0.29, 0.717) is 6.54 Å². The van der Waals surface area contributed by atoms with Crippen LogP contribution in [0, 0.1) is 5.82 Å². The Kier molecular flexibility index (Phi) is 4.87. The predicted octanol–water partition coefficient (Wildman–Crippen LogP) is 2.13. The molecule has 0 aliphatic heterocycles. The Bertz CT molecular complexity index is 395. The van der Waals surface area contributed by atoms with Crippen molar-refractivity contribution in [2.75, 3.05) is 26.0 Å². The first kappa shape index (κ1) is 13.4. The molecule has 1 amide bonds. The van der Waals surface area contributed by atoms with E-state index >= 15 is 0 Å². The Morgan fingerprint density at radius 3 is 2.88 bits per heavy atom. The van der Waals surface area contributed by atoms with Crippen LogP contribution in [0.1, 0.15) is 30.1 Å². The monoisotopic (exact) mass is 239 g/mol. The van der Waals surface area contributed by atoms with Crippen molar-refractivity contribution in [3.8, 4) is 0 Å². The van der Waals surface area contributed by atoms with E-state index in [1.165, 1.54) is 17.2 Å².